The third-order valence-electron chi connectivity index (χ3n) is 4.01. The summed E-state index contributed by atoms with van der Waals surface area (Å²) in [4.78, 5) is 12.4. The predicted molar refractivity (Wildman–Crippen MR) is 79.5 cm³/mol. The fraction of sp³-hybridized carbons (Fsp3) is 0.0588. The number of ketones is 1. The van der Waals surface area contributed by atoms with Gasteiger partial charge in [0.2, 0.25) is 17.5 Å². The molecule has 0 saturated carbocycles. The van der Waals surface area contributed by atoms with Gasteiger partial charge in [0.25, 0.3) is 0 Å². The van der Waals surface area contributed by atoms with Gasteiger partial charge in [-0.05, 0) is 13.0 Å². The normalized spacial score (nSPS) is 10.9. The Balaban J connectivity index is 0.00000341. The molecule has 0 bridgehead atoms. The van der Waals surface area contributed by atoms with Crippen LogP contribution in [0.3, 0.4) is 0 Å². The van der Waals surface area contributed by atoms with Gasteiger partial charge in [-0.25, -0.2) is 39.5 Å². The first-order valence-electron chi connectivity index (χ1n) is 7.58. The third kappa shape index (κ3) is 3.58. The van der Waals surface area contributed by atoms with Gasteiger partial charge >= 0.3 is 0 Å². The van der Waals surface area contributed by atoms with Crippen LogP contribution in [0.2, 0.25) is 0 Å². The minimum absolute atomic E-state index is 0. The van der Waals surface area contributed by atoms with Crippen LogP contribution in [0, 0.1) is 59.3 Å². The molecule has 3 aromatic rings. The number of nitrogens with zero attached hydrogens (tertiary/aromatic N) is 2. The van der Waals surface area contributed by atoms with Crippen LogP contribution in [-0.4, -0.2) is 20.7 Å². The van der Waals surface area contributed by atoms with Gasteiger partial charge in [-0.3, -0.25) is 4.79 Å². The summed E-state index contributed by atoms with van der Waals surface area (Å²) in [7, 11) is 0. The van der Waals surface area contributed by atoms with E-state index in [9.17, 15) is 49.4 Å². The van der Waals surface area contributed by atoms with Gasteiger partial charge in [0.15, 0.2) is 46.5 Å². The SMILES string of the molecule is Cc1nn(-c2c(F)c(F)c(F)c(F)c2F)c(O)c1C(=O)c1cc(F)c(F)c(F)c1F.[Zn]. The smallest absolute Gasteiger partial charge is 0.226 e. The summed E-state index contributed by atoms with van der Waals surface area (Å²) in [6, 6.07) is -0.0509. The van der Waals surface area contributed by atoms with Gasteiger partial charge in [-0.2, -0.15) is 9.78 Å². The van der Waals surface area contributed by atoms with Crippen LogP contribution in [-0.2, 0) is 19.5 Å². The van der Waals surface area contributed by atoms with Crippen molar-refractivity contribution >= 4 is 5.78 Å². The van der Waals surface area contributed by atoms with E-state index in [1.165, 1.54) is 0 Å². The van der Waals surface area contributed by atoms with Crippen molar-refractivity contribution in [1.82, 2.24) is 9.78 Å². The van der Waals surface area contributed by atoms with Crippen molar-refractivity contribution in [3.63, 3.8) is 0 Å². The second-order valence-electron chi connectivity index (χ2n) is 5.79. The van der Waals surface area contributed by atoms with E-state index in [-0.39, 0.29) is 30.2 Å². The number of hydrogen-bond donors (Lipinski definition) is 1. The van der Waals surface area contributed by atoms with Crippen molar-refractivity contribution in [2.45, 2.75) is 6.92 Å². The average Bonchev–Trinajstić information content (AvgIpc) is 2.99. The van der Waals surface area contributed by atoms with Gasteiger partial charge in [0.1, 0.15) is 11.3 Å². The maximum absolute atomic E-state index is 14.0. The summed E-state index contributed by atoms with van der Waals surface area (Å²) in [6.45, 7) is 0.893. The molecule has 0 unspecified atom stereocenters. The molecule has 0 radical (unpaired) electrons. The third-order valence-corrected chi connectivity index (χ3v) is 4.01. The molecule has 0 aliphatic heterocycles. The van der Waals surface area contributed by atoms with Crippen LogP contribution in [0.15, 0.2) is 6.07 Å². The summed E-state index contributed by atoms with van der Waals surface area (Å²) in [5.41, 5.74) is -4.95. The molecule has 14 heteroatoms. The van der Waals surface area contributed by atoms with Crippen molar-refractivity contribution in [1.29, 1.82) is 0 Å². The number of hydrogen-bond acceptors (Lipinski definition) is 3. The van der Waals surface area contributed by atoms with Crippen LogP contribution in [0.25, 0.3) is 5.69 Å². The van der Waals surface area contributed by atoms with Crippen molar-refractivity contribution in [3.05, 3.63) is 75.2 Å². The second kappa shape index (κ2) is 8.33. The fourth-order valence-electron chi connectivity index (χ4n) is 2.59. The summed E-state index contributed by atoms with van der Waals surface area (Å²) in [5, 5.41) is 13.4. The molecule has 4 nitrogen and oxygen atoms in total. The van der Waals surface area contributed by atoms with Crippen molar-refractivity contribution in [2.24, 2.45) is 0 Å². The van der Waals surface area contributed by atoms with Gasteiger partial charge < -0.3 is 5.11 Å². The molecular formula is C17H5F9N2O2Zn. The maximum atomic E-state index is 14.0. The average molecular weight is 506 g/mol. The summed E-state index contributed by atoms with van der Waals surface area (Å²) >= 11 is 0. The van der Waals surface area contributed by atoms with Crippen LogP contribution in [0.1, 0.15) is 21.6 Å². The van der Waals surface area contributed by atoms with Crippen molar-refractivity contribution < 1.29 is 68.9 Å². The molecule has 0 saturated heterocycles. The number of aromatic hydroxyl groups is 1. The molecular weight excluding hydrogens is 501 g/mol. The van der Waals surface area contributed by atoms with E-state index < -0.39 is 86.5 Å². The largest absolute Gasteiger partial charge is 0.493 e. The topological polar surface area (TPSA) is 55.1 Å². The van der Waals surface area contributed by atoms with Gasteiger partial charge in [0.05, 0.1) is 11.3 Å². The summed E-state index contributed by atoms with van der Waals surface area (Å²) < 4.78 is 121. The van der Waals surface area contributed by atoms with Crippen LogP contribution < -0.4 is 0 Å². The molecule has 2 aromatic carbocycles. The number of benzene rings is 2. The molecule has 31 heavy (non-hydrogen) atoms. The monoisotopic (exact) mass is 504 g/mol. The Morgan fingerprint density at radius 1 is 0.806 bits per heavy atom. The van der Waals surface area contributed by atoms with E-state index in [4.69, 9.17) is 0 Å². The fourth-order valence-corrected chi connectivity index (χ4v) is 2.59. The quantitative estimate of drug-likeness (QED) is 0.189. The zero-order valence-corrected chi connectivity index (χ0v) is 17.9. The Morgan fingerprint density at radius 2 is 1.26 bits per heavy atom. The Kier molecular flexibility index (Phi) is 6.55. The molecule has 0 aliphatic rings. The number of aromatic nitrogens is 2. The van der Waals surface area contributed by atoms with Gasteiger partial charge in [-0.15, -0.1) is 0 Å². The first-order chi connectivity index (χ1) is 13.9. The van der Waals surface area contributed by atoms with Gasteiger partial charge in [0, 0.05) is 19.5 Å². The molecule has 0 spiro atoms. The van der Waals surface area contributed by atoms with E-state index >= 15 is 0 Å². The molecule has 1 aromatic heterocycles. The number of aryl methyl sites for hydroxylation is 1. The Bertz CT molecular complexity index is 1210. The summed E-state index contributed by atoms with van der Waals surface area (Å²) in [5.74, 6) is -24.1. The van der Waals surface area contributed by atoms with E-state index in [1.54, 1.807) is 0 Å². The molecule has 0 amide bonds. The number of carbonyl (C=O) groups is 1. The Hall–Kier alpha value is -2.89. The van der Waals surface area contributed by atoms with Gasteiger partial charge in [-0.1, -0.05) is 0 Å². The second-order valence-corrected chi connectivity index (χ2v) is 5.79. The number of rotatable bonds is 3. The zero-order chi connectivity index (χ0) is 22.7. The number of halogens is 9. The van der Waals surface area contributed by atoms with Crippen molar-refractivity contribution in [3.8, 4) is 11.6 Å². The maximum Gasteiger partial charge on any atom is 0.226 e. The molecule has 0 atom stereocenters. The molecule has 1 heterocycles. The first-order valence-corrected chi connectivity index (χ1v) is 7.58. The molecule has 160 valence electrons. The van der Waals surface area contributed by atoms with E-state index in [0.717, 1.165) is 6.92 Å². The van der Waals surface area contributed by atoms with Crippen molar-refractivity contribution in [2.75, 3.05) is 0 Å². The molecule has 3 rings (SSSR count). The standard InChI is InChI=1S/C17H5F9N2O2.Zn/c1-3-6(16(29)4-2-5(18)8(20)9(21)7(4)19)17(30)28(27-3)15-13(25)11(23)10(22)12(24)14(15)26;/h2,30H,1H3;. The Labute approximate surface area is 178 Å². The minimum Gasteiger partial charge on any atom is -0.493 e. The van der Waals surface area contributed by atoms with E-state index in [2.05, 4.69) is 5.10 Å². The molecule has 0 fully saturated rings. The minimum atomic E-state index is -2.51. The molecule has 1 N–H and O–H groups in total. The first kappa shape index (κ1) is 24.4. The summed E-state index contributed by atoms with van der Waals surface area (Å²) in [6.07, 6.45) is 0. The number of carbonyl (C=O) groups excluding carboxylic acids is 1. The predicted octanol–water partition coefficient (Wildman–Crippen LogP) is 4.37. The van der Waals surface area contributed by atoms with Crippen LogP contribution >= 0.6 is 0 Å². The Morgan fingerprint density at radius 3 is 1.77 bits per heavy atom. The molecule has 0 aliphatic carbocycles. The van der Waals surface area contributed by atoms with Crippen LogP contribution in [0.5, 0.6) is 5.88 Å². The zero-order valence-electron chi connectivity index (χ0n) is 14.9. The van der Waals surface area contributed by atoms with E-state index in [1.807, 2.05) is 0 Å². The van der Waals surface area contributed by atoms with E-state index in [0.29, 0.717) is 0 Å². The van der Waals surface area contributed by atoms with Crippen LogP contribution in [0.4, 0.5) is 39.5 Å².